The molecule has 2 aromatic rings. The molecule has 0 radical (unpaired) electrons. The number of hydrogen-bond donors (Lipinski definition) is 1. The Morgan fingerprint density at radius 3 is 2.33 bits per heavy atom. The molecule has 0 spiro atoms. The highest BCUT2D eigenvalue weighted by molar-refractivity contribution is 9.10. The number of carbonyl (C=O) groups is 3. The molecule has 0 amide bonds. The maximum absolute atomic E-state index is 12.8. The first-order valence-corrected chi connectivity index (χ1v) is 21.0. The van der Waals surface area contributed by atoms with E-state index in [9.17, 15) is 14.4 Å². The largest absolute Gasteiger partial charge is 0.462 e. The van der Waals surface area contributed by atoms with Crippen molar-refractivity contribution in [2.75, 3.05) is 13.2 Å². The van der Waals surface area contributed by atoms with Gasteiger partial charge in [-0.25, -0.2) is 0 Å². The van der Waals surface area contributed by atoms with Crippen molar-refractivity contribution < 1.29 is 28.6 Å². The highest BCUT2D eigenvalue weighted by Gasteiger charge is 2.31. The first-order valence-electron chi connectivity index (χ1n) is 20.2. The summed E-state index contributed by atoms with van der Waals surface area (Å²) >= 11 is 3.79. The Labute approximate surface area is 320 Å². The van der Waals surface area contributed by atoms with Crippen molar-refractivity contribution in [2.24, 2.45) is 5.92 Å². The van der Waals surface area contributed by atoms with Crippen LogP contribution in [0.25, 0.3) is 16.5 Å². The van der Waals surface area contributed by atoms with E-state index in [1.807, 2.05) is 18.4 Å². The van der Waals surface area contributed by atoms with E-state index in [1.165, 1.54) is 79.9 Å². The van der Waals surface area contributed by atoms with Crippen molar-refractivity contribution in [1.82, 2.24) is 9.88 Å². The van der Waals surface area contributed by atoms with Crippen LogP contribution >= 0.6 is 15.9 Å². The summed E-state index contributed by atoms with van der Waals surface area (Å²) in [7, 11) is 0. The Balaban J connectivity index is 1.06. The Kier molecular flexibility index (Phi) is 18.5. The molecule has 3 unspecified atom stereocenters. The zero-order valence-corrected chi connectivity index (χ0v) is 33.6. The van der Waals surface area contributed by atoms with Gasteiger partial charge in [-0.15, -0.1) is 0 Å². The lowest BCUT2D eigenvalue weighted by molar-refractivity contribution is -0.160. The number of esters is 3. The van der Waals surface area contributed by atoms with E-state index in [-0.39, 0.29) is 44.0 Å². The number of nitrogens with zero attached hydrogens (tertiary/aromatic N) is 1. The zero-order chi connectivity index (χ0) is 37.1. The van der Waals surface area contributed by atoms with E-state index in [2.05, 4.69) is 64.6 Å². The first-order chi connectivity index (χ1) is 25.3. The number of rotatable bonds is 25. The molecule has 1 aromatic heterocycles. The Bertz CT molecular complexity index is 1500. The molecule has 9 heteroatoms. The molecule has 1 N–H and O–H groups in total. The predicted molar refractivity (Wildman–Crippen MR) is 213 cm³/mol. The number of unbranched alkanes of at least 4 members (excludes halogenated alkanes) is 11. The van der Waals surface area contributed by atoms with Crippen LogP contribution in [0, 0.1) is 5.92 Å². The van der Waals surface area contributed by atoms with E-state index in [0.717, 1.165) is 55.2 Å². The normalized spacial score (nSPS) is 16.4. The van der Waals surface area contributed by atoms with E-state index in [0.29, 0.717) is 18.9 Å². The van der Waals surface area contributed by atoms with Gasteiger partial charge in [0.15, 0.2) is 6.73 Å². The van der Waals surface area contributed by atoms with E-state index >= 15 is 0 Å². The van der Waals surface area contributed by atoms with Crippen LogP contribution in [0.3, 0.4) is 0 Å². The lowest BCUT2D eigenvalue weighted by Gasteiger charge is -2.30. The van der Waals surface area contributed by atoms with E-state index < -0.39 is 12.1 Å². The maximum atomic E-state index is 12.8. The average Bonchev–Trinajstić information content (AvgIpc) is 3.41. The second kappa shape index (κ2) is 23.0. The zero-order valence-electron chi connectivity index (χ0n) is 32.0. The number of carbonyl (C=O) groups excluding carboxylic acids is 3. The van der Waals surface area contributed by atoms with Crippen LogP contribution < -0.4 is 5.32 Å². The fraction of sp³-hybridized carbons (Fsp3) is 0.651. The van der Waals surface area contributed by atoms with Crippen LogP contribution in [0.15, 0.2) is 41.0 Å². The van der Waals surface area contributed by atoms with Crippen molar-refractivity contribution in [1.29, 1.82) is 0 Å². The monoisotopic (exact) mass is 782 g/mol. The topological polar surface area (TPSA) is 95.9 Å². The van der Waals surface area contributed by atoms with E-state index in [4.69, 9.17) is 14.2 Å². The summed E-state index contributed by atoms with van der Waals surface area (Å²) in [6.45, 7) is 7.12. The van der Waals surface area contributed by atoms with Gasteiger partial charge in [0.25, 0.3) is 0 Å². The lowest BCUT2D eigenvalue weighted by Crippen LogP contribution is -2.37. The molecule has 2 heterocycles. The van der Waals surface area contributed by atoms with Gasteiger partial charge in [0.2, 0.25) is 0 Å². The van der Waals surface area contributed by atoms with Crippen molar-refractivity contribution in [3.05, 3.63) is 52.2 Å². The molecule has 2 aliphatic rings. The number of nitrogens with one attached hydrogen (secondary N) is 1. The molecular weight excluding hydrogens is 720 g/mol. The molecule has 4 rings (SSSR count). The molecule has 0 bridgehead atoms. The molecule has 3 atom stereocenters. The number of benzene rings is 1. The van der Waals surface area contributed by atoms with E-state index in [1.54, 1.807) is 0 Å². The average molecular weight is 784 g/mol. The highest BCUT2D eigenvalue weighted by atomic mass is 79.9. The molecule has 0 saturated carbocycles. The number of halogens is 1. The molecule has 1 aliphatic carbocycles. The van der Waals surface area contributed by atoms with Crippen LogP contribution in [0.2, 0.25) is 0 Å². The smallest absolute Gasteiger partial charge is 0.307 e. The molecule has 288 valence electrons. The minimum atomic E-state index is -0.499. The summed E-state index contributed by atoms with van der Waals surface area (Å²) in [4.78, 5) is 37.8. The summed E-state index contributed by atoms with van der Waals surface area (Å²) in [6, 6.07) is 6.59. The van der Waals surface area contributed by atoms with Crippen LogP contribution in [0.1, 0.15) is 147 Å². The van der Waals surface area contributed by atoms with Crippen LogP contribution in [-0.2, 0) is 41.7 Å². The standard InChI is InChI=1S/C43H63BrN2O6/c1-4-6-7-8-9-10-11-12-13-14-15-16-17-18-19-25-39(47)50-30-33(5-2)52-41(49)28-32(3)27-40(48)51-31-46-38-24-20-22-35-34-23-21-26-45-37(34)29-36(42(35)38)43(46)44/h12-13,20,22-24,32-33,37,45H,4-11,14-19,21,25-31H2,1-3H3/b13-12-. The number of aromatic nitrogens is 1. The molecule has 52 heavy (non-hydrogen) atoms. The van der Waals surface area contributed by atoms with Gasteiger partial charge in [-0.1, -0.05) is 102 Å². The van der Waals surface area contributed by atoms with Gasteiger partial charge >= 0.3 is 17.9 Å². The predicted octanol–water partition coefficient (Wildman–Crippen LogP) is 10.5. The summed E-state index contributed by atoms with van der Waals surface area (Å²) in [5, 5.41) is 4.85. The third-order valence-corrected chi connectivity index (χ3v) is 11.2. The molecule has 0 fully saturated rings. The Morgan fingerprint density at radius 2 is 1.60 bits per heavy atom. The SMILES string of the molecule is CCCCCCCC/C=C\CCCCCCCC(=O)OCC(CC)OC(=O)CC(C)CC(=O)OCn1c(Br)c2c3c(cccc31)C1=CCCNC1C2. The van der Waals surface area contributed by atoms with Crippen molar-refractivity contribution in [2.45, 2.75) is 162 Å². The van der Waals surface area contributed by atoms with Crippen molar-refractivity contribution in [3.8, 4) is 0 Å². The summed E-state index contributed by atoms with van der Waals surface area (Å²) in [5.74, 6) is -1.27. The second-order valence-electron chi connectivity index (χ2n) is 14.8. The minimum absolute atomic E-state index is 0.0556. The number of fused-ring (bicyclic) bond motifs is 2. The van der Waals surface area contributed by atoms with Gasteiger partial charge < -0.3 is 24.1 Å². The van der Waals surface area contributed by atoms with Crippen molar-refractivity contribution >= 4 is 50.3 Å². The fourth-order valence-corrected chi connectivity index (χ4v) is 7.99. The second-order valence-corrected chi connectivity index (χ2v) is 15.5. The van der Waals surface area contributed by atoms with Crippen LogP contribution in [0.4, 0.5) is 0 Å². The molecule has 1 aliphatic heterocycles. The fourth-order valence-electron chi connectivity index (χ4n) is 7.33. The summed E-state index contributed by atoms with van der Waals surface area (Å²) < 4.78 is 19.7. The molecule has 1 aromatic carbocycles. The van der Waals surface area contributed by atoms with Gasteiger partial charge in [0, 0.05) is 30.7 Å². The number of ether oxygens (including phenoxy) is 3. The minimum Gasteiger partial charge on any atom is -0.462 e. The molecule has 8 nitrogen and oxygen atoms in total. The quantitative estimate of drug-likeness (QED) is 0.0464. The number of hydrogen-bond acceptors (Lipinski definition) is 7. The third kappa shape index (κ3) is 13.2. The molecule has 0 saturated heterocycles. The lowest BCUT2D eigenvalue weighted by atomic mass is 9.83. The molecular formula is C43H63BrN2O6. The van der Waals surface area contributed by atoms with Gasteiger partial charge in [-0.2, -0.15) is 0 Å². The highest BCUT2D eigenvalue weighted by Crippen LogP contribution is 2.42. The van der Waals surface area contributed by atoms with Gasteiger partial charge in [0.1, 0.15) is 12.7 Å². The van der Waals surface area contributed by atoms with Crippen LogP contribution in [0.5, 0.6) is 0 Å². The van der Waals surface area contributed by atoms with Crippen molar-refractivity contribution in [3.63, 3.8) is 0 Å². The summed E-state index contributed by atoms with van der Waals surface area (Å²) in [6.07, 6.45) is 25.3. The van der Waals surface area contributed by atoms with Gasteiger partial charge in [-0.3, -0.25) is 14.4 Å². The third-order valence-electron chi connectivity index (χ3n) is 10.3. The first kappa shape index (κ1) is 41.8. The summed E-state index contributed by atoms with van der Waals surface area (Å²) in [5.41, 5.74) is 4.86. The number of allylic oxidation sites excluding steroid dienone is 2. The van der Waals surface area contributed by atoms with Gasteiger partial charge in [-0.05, 0) is 103 Å². The Morgan fingerprint density at radius 1 is 0.904 bits per heavy atom. The van der Waals surface area contributed by atoms with Crippen LogP contribution in [-0.4, -0.2) is 47.8 Å². The van der Waals surface area contributed by atoms with Gasteiger partial charge in [0.05, 0.1) is 10.1 Å². The Hall–Kier alpha value is -2.91. The maximum Gasteiger partial charge on any atom is 0.307 e.